The quantitative estimate of drug-likeness (QED) is 0.786. The van der Waals surface area contributed by atoms with E-state index in [9.17, 15) is 0 Å². The van der Waals surface area contributed by atoms with E-state index < -0.39 is 0 Å². The van der Waals surface area contributed by atoms with E-state index >= 15 is 0 Å². The van der Waals surface area contributed by atoms with Gasteiger partial charge < -0.3 is 9.88 Å². The lowest BCUT2D eigenvalue weighted by atomic mass is 9.87. The molecular weight excluding hydrogens is 198 g/mol. The van der Waals surface area contributed by atoms with E-state index in [1.54, 1.807) is 0 Å². The van der Waals surface area contributed by atoms with Crippen molar-refractivity contribution in [3.8, 4) is 0 Å². The van der Waals surface area contributed by atoms with Crippen LogP contribution in [-0.4, -0.2) is 16.1 Å². The van der Waals surface area contributed by atoms with Gasteiger partial charge in [0.15, 0.2) is 0 Å². The molecule has 3 heteroatoms. The predicted octanol–water partition coefficient (Wildman–Crippen LogP) is 2.38. The van der Waals surface area contributed by atoms with Crippen LogP contribution in [0.5, 0.6) is 0 Å². The molecule has 1 spiro atoms. The number of imidazole rings is 1. The highest BCUT2D eigenvalue weighted by atomic mass is 15.2. The predicted molar refractivity (Wildman–Crippen MR) is 64.5 cm³/mol. The molecule has 1 fully saturated rings. The fourth-order valence-electron chi connectivity index (χ4n) is 3.39. The van der Waals surface area contributed by atoms with E-state index in [0.717, 1.165) is 13.0 Å². The molecule has 0 bridgehead atoms. The van der Waals surface area contributed by atoms with Gasteiger partial charge in [-0.2, -0.15) is 0 Å². The molecule has 3 rings (SSSR count). The highest BCUT2D eigenvalue weighted by Gasteiger charge is 2.42. The van der Waals surface area contributed by atoms with Gasteiger partial charge in [0.2, 0.25) is 0 Å². The molecular formula is C13H21N3. The van der Waals surface area contributed by atoms with Crippen molar-refractivity contribution in [3.63, 3.8) is 0 Å². The first-order valence-corrected chi connectivity index (χ1v) is 6.54. The lowest BCUT2D eigenvalue weighted by Crippen LogP contribution is -2.46. The maximum absolute atomic E-state index is 4.62. The van der Waals surface area contributed by atoms with Gasteiger partial charge in [-0.1, -0.05) is 12.8 Å². The van der Waals surface area contributed by atoms with E-state index in [0.29, 0.717) is 6.04 Å². The van der Waals surface area contributed by atoms with Gasteiger partial charge in [0.25, 0.3) is 0 Å². The van der Waals surface area contributed by atoms with Crippen LogP contribution in [0, 0.1) is 0 Å². The Hall–Kier alpha value is -0.830. The highest BCUT2D eigenvalue weighted by Crippen LogP contribution is 2.42. The molecule has 2 heterocycles. The largest absolute Gasteiger partial charge is 0.330 e. The maximum Gasteiger partial charge on any atom is 0.0954 e. The topological polar surface area (TPSA) is 29.9 Å². The summed E-state index contributed by atoms with van der Waals surface area (Å²) in [6.45, 7) is 5.60. The third-order valence-electron chi connectivity index (χ3n) is 4.16. The Bertz CT molecular complexity index is 386. The molecule has 0 saturated heterocycles. The van der Waals surface area contributed by atoms with Gasteiger partial charge >= 0.3 is 0 Å². The molecule has 0 atom stereocenters. The third-order valence-corrected chi connectivity index (χ3v) is 4.16. The second kappa shape index (κ2) is 3.59. The van der Waals surface area contributed by atoms with Crippen LogP contribution in [0.1, 0.15) is 57.0 Å². The number of hydrogen-bond donors (Lipinski definition) is 1. The molecule has 3 nitrogen and oxygen atoms in total. The van der Waals surface area contributed by atoms with Gasteiger partial charge in [0, 0.05) is 19.0 Å². The first-order chi connectivity index (χ1) is 7.73. The molecule has 0 amide bonds. The summed E-state index contributed by atoms with van der Waals surface area (Å²) in [5, 5.41) is 3.77. The Morgan fingerprint density at radius 1 is 1.38 bits per heavy atom. The molecule has 0 aromatic carbocycles. The number of nitrogens with one attached hydrogen (secondary N) is 1. The van der Waals surface area contributed by atoms with E-state index in [1.807, 2.05) is 6.33 Å². The molecule has 1 aliphatic heterocycles. The highest BCUT2D eigenvalue weighted by molar-refractivity contribution is 5.28. The Kier molecular flexibility index (Phi) is 2.32. The summed E-state index contributed by atoms with van der Waals surface area (Å²) in [4.78, 5) is 4.62. The first kappa shape index (κ1) is 10.3. The van der Waals surface area contributed by atoms with Crippen LogP contribution in [0.15, 0.2) is 6.33 Å². The van der Waals surface area contributed by atoms with Gasteiger partial charge in [-0.15, -0.1) is 0 Å². The van der Waals surface area contributed by atoms with Gasteiger partial charge in [0.1, 0.15) is 0 Å². The van der Waals surface area contributed by atoms with Crippen molar-refractivity contribution in [1.82, 2.24) is 14.9 Å². The molecule has 1 aliphatic carbocycles. The van der Waals surface area contributed by atoms with Crippen LogP contribution in [0.3, 0.4) is 0 Å². The molecule has 1 saturated carbocycles. The number of fused-ring (bicyclic) bond motifs is 2. The number of nitrogens with zero attached hydrogens (tertiary/aromatic N) is 2. The number of aromatic nitrogens is 2. The Labute approximate surface area is 97.3 Å². The van der Waals surface area contributed by atoms with Crippen LogP contribution in [0.2, 0.25) is 0 Å². The SMILES string of the molecule is CC(C)n1cnc2c1C1(CCCC1)NCC2. The first-order valence-electron chi connectivity index (χ1n) is 6.54. The minimum Gasteiger partial charge on any atom is -0.330 e. The molecule has 16 heavy (non-hydrogen) atoms. The average molecular weight is 219 g/mol. The van der Waals surface area contributed by atoms with Gasteiger partial charge in [0.05, 0.1) is 23.3 Å². The third kappa shape index (κ3) is 1.34. The fourth-order valence-corrected chi connectivity index (χ4v) is 3.39. The Morgan fingerprint density at radius 3 is 2.81 bits per heavy atom. The second-order valence-electron chi connectivity index (χ2n) is 5.51. The summed E-state index contributed by atoms with van der Waals surface area (Å²) in [6, 6.07) is 0.522. The zero-order chi connectivity index (χ0) is 11.2. The molecule has 1 N–H and O–H groups in total. The minimum absolute atomic E-state index is 0.258. The number of rotatable bonds is 1. The fraction of sp³-hybridized carbons (Fsp3) is 0.769. The zero-order valence-electron chi connectivity index (χ0n) is 10.3. The van der Waals surface area contributed by atoms with Crippen LogP contribution < -0.4 is 5.32 Å². The summed E-state index contributed by atoms with van der Waals surface area (Å²) in [5.41, 5.74) is 3.09. The monoisotopic (exact) mass is 219 g/mol. The van der Waals surface area contributed by atoms with Crippen molar-refractivity contribution in [2.24, 2.45) is 0 Å². The summed E-state index contributed by atoms with van der Waals surface area (Å²) >= 11 is 0. The van der Waals surface area contributed by atoms with Crippen molar-refractivity contribution in [2.75, 3.05) is 6.54 Å². The van der Waals surface area contributed by atoms with E-state index in [1.165, 1.54) is 37.1 Å². The normalized spacial score (nSPS) is 22.9. The van der Waals surface area contributed by atoms with Gasteiger partial charge in [-0.3, -0.25) is 0 Å². The molecule has 1 aromatic heterocycles. The lowest BCUT2D eigenvalue weighted by Gasteiger charge is -2.36. The summed E-state index contributed by atoms with van der Waals surface area (Å²) in [5.74, 6) is 0. The average Bonchev–Trinajstić information content (AvgIpc) is 2.85. The summed E-state index contributed by atoms with van der Waals surface area (Å²) < 4.78 is 2.38. The van der Waals surface area contributed by atoms with Crippen LogP contribution >= 0.6 is 0 Å². The number of hydrogen-bond acceptors (Lipinski definition) is 2. The van der Waals surface area contributed by atoms with Crippen LogP contribution in [0.4, 0.5) is 0 Å². The van der Waals surface area contributed by atoms with Crippen LogP contribution in [-0.2, 0) is 12.0 Å². The van der Waals surface area contributed by atoms with Crippen molar-refractivity contribution in [2.45, 2.75) is 57.5 Å². The maximum atomic E-state index is 4.62. The molecule has 0 radical (unpaired) electrons. The molecule has 2 aliphatic rings. The molecule has 88 valence electrons. The lowest BCUT2D eigenvalue weighted by molar-refractivity contribution is 0.296. The Balaban J connectivity index is 2.11. The molecule has 0 unspecified atom stereocenters. The smallest absolute Gasteiger partial charge is 0.0954 e. The summed E-state index contributed by atoms with van der Waals surface area (Å²) in [7, 11) is 0. The van der Waals surface area contributed by atoms with Crippen molar-refractivity contribution >= 4 is 0 Å². The minimum atomic E-state index is 0.258. The van der Waals surface area contributed by atoms with Crippen molar-refractivity contribution < 1.29 is 0 Å². The van der Waals surface area contributed by atoms with Gasteiger partial charge in [-0.25, -0.2) is 4.98 Å². The Morgan fingerprint density at radius 2 is 2.12 bits per heavy atom. The standard InChI is InChI=1S/C13H21N3/c1-10(2)16-9-14-11-5-8-15-13(12(11)16)6-3-4-7-13/h9-10,15H,3-8H2,1-2H3. The van der Waals surface area contributed by atoms with E-state index in [4.69, 9.17) is 0 Å². The second-order valence-corrected chi connectivity index (χ2v) is 5.51. The zero-order valence-corrected chi connectivity index (χ0v) is 10.3. The van der Waals surface area contributed by atoms with E-state index in [-0.39, 0.29) is 5.54 Å². The van der Waals surface area contributed by atoms with Crippen molar-refractivity contribution in [3.05, 3.63) is 17.7 Å². The van der Waals surface area contributed by atoms with Crippen LogP contribution in [0.25, 0.3) is 0 Å². The van der Waals surface area contributed by atoms with Crippen molar-refractivity contribution in [1.29, 1.82) is 0 Å². The van der Waals surface area contributed by atoms with Gasteiger partial charge in [-0.05, 0) is 26.7 Å². The summed E-state index contributed by atoms with van der Waals surface area (Å²) in [6.07, 6.45) is 8.43. The van der Waals surface area contributed by atoms with E-state index in [2.05, 4.69) is 28.7 Å². The molecule has 1 aromatic rings.